The molecule has 3 aromatic heterocycles. The van der Waals surface area contributed by atoms with Crippen molar-refractivity contribution in [1.29, 1.82) is 0 Å². The average Bonchev–Trinajstić information content (AvgIpc) is 3.22. The molecule has 4 heterocycles. The van der Waals surface area contributed by atoms with E-state index in [0.29, 0.717) is 24.4 Å². The van der Waals surface area contributed by atoms with Gasteiger partial charge < -0.3 is 15.4 Å². The molecular formula is C18H19F2N7O2. The Balaban J connectivity index is 1.65. The maximum atomic E-state index is 13.3. The van der Waals surface area contributed by atoms with Gasteiger partial charge in [0.05, 0.1) is 19.0 Å². The molecule has 1 aliphatic rings. The molecule has 1 aliphatic heterocycles. The number of fused-ring (bicyclic) bond motifs is 1. The van der Waals surface area contributed by atoms with E-state index in [0.717, 1.165) is 0 Å². The third-order valence-electron chi connectivity index (χ3n) is 5.05. The molecule has 0 aliphatic carbocycles. The Bertz CT molecular complexity index is 1020. The number of methoxy groups -OCH3 is 1. The molecule has 1 amide bonds. The number of carbonyl (C=O) groups excluding carboxylic acids is 1. The third kappa shape index (κ3) is 3.60. The Morgan fingerprint density at radius 3 is 2.86 bits per heavy atom. The summed E-state index contributed by atoms with van der Waals surface area (Å²) in [5.74, 6) is -0.0478. The molecule has 2 atom stereocenters. The number of likely N-dealkylation sites (tertiary alicyclic amines) is 1. The fraction of sp³-hybridized carbons (Fsp3) is 0.389. The zero-order chi connectivity index (χ0) is 20.5. The van der Waals surface area contributed by atoms with Gasteiger partial charge in [-0.05, 0) is 24.6 Å². The highest BCUT2D eigenvalue weighted by Crippen LogP contribution is 2.29. The summed E-state index contributed by atoms with van der Waals surface area (Å²) < 4.78 is 33.1. The van der Waals surface area contributed by atoms with Crippen molar-refractivity contribution in [2.24, 2.45) is 5.73 Å². The Labute approximate surface area is 164 Å². The minimum absolute atomic E-state index is 0.0743. The lowest BCUT2D eigenvalue weighted by Gasteiger charge is -2.37. The normalized spacial score (nSPS) is 19.7. The molecule has 0 spiro atoms. The number of piperidine rings is 1. The van der Waals surface area contributed by atoms with Crippen molar-refractivity contribution < 1.29 is 18.3 Å². The van der Waals surface area contributed by atoms with Crippen molar-refractivity contribution in [2.45, 2.75) is 24.8 Å². The zero-order valence-corrected chi connectivity index (χ0v) is 15.6. The van der Waals surface area contributed by atoms with Crippen molar-refractivity contribution >= 4 is 11.7 Å². The molecule has 0 aromatic carbocycles. The van der Waals surface area contributed by atoms with Crippen LogP contribution in [0.4, 0.5) is 8.78 Å². The van der Waals surface area contributed by atoms with Crippen molar-refractivity contribution in [3.63, 3.8) is 0 Å². The van der Waals surface area contributed by atoms with Crippen LogP contribution in [0, 0.1) is 0 Å². The molecule has 4 rings (SSSR count). The molecule has 9 nitrogen and oxygen atoms in total. The third-order valence-corrected chi connectivity index (χ3v) is 5.05. The fourth-order valence-electron chi connectivity index (χ4n) is 3.49. The second-order valence-corrected chi connectivity index (χ2v) is 6.77. The van der Waals surface area contributed by atoms with Crippen LogP contribution in [-0.4, -0.2) is 61.6 Å². The number of amides is 1. The van der Waals surface area contributed by atoms with E-state index in [1.54, 1.807) is 17.0 Å². The summed E-state index contributed by atoms with van der Waals surface area (Å²) in [6.07, 6.45) is 0.475. The summed E-state index contributed by atoms with van der Waals surface area (Å²) in [6.45, 7) is 0.687. The number of hydrogen-bond donors (Lipinski definition) is 1. The summed E-state index contributed by atoms with van der Waals surface area (Å²) in [4.78, 5) is 26.4. The smallest absolute Gasteiger partial charge is 0.280 e. The SMILES string of the molecule is COc1ccc(C(=O)N2CCC(N)[C@H](c3cc(C(F)F)nc4ncnn34)C2)nc1. The molecular weight excluding hydrogens is 384 g/mol. The number of carbonyl (C=O) groups is 1. The van der Waals surface area contributed by atoms with Gasteiger partial charge in [-0.25, -0.2) is 23.3 Å². The molecule has 2 N–H and O–H groups in total. The van der Waals surface area contributed by atoms with Gasteiger partial charge in [-0.15, -0.1) is 0 Å². The van der Waals surface area contributed by atoms with Gasteiger partial charge in [0, 0.05) is 25.0 Å². The molecule has 0 bridgehead atoms. The first-order chi connectivity index (χ1) is 14.0. The monoisotopic (exact) mass is 403 g/mol. The number of alkyl halides is 2. The number of nitrogens with two attached hydrogens (primary N) is 1. The fourth-order valence-corrected chi connectivity index (χ4v) is 3.49. The van der Waals surface area contributed by atoms with Crippen LogP contribution in [0.3, 0.4) is 0 Å². The van der Waals surface area contributed by atoms with Gasteiger partial charge in [0.25, 0.3) is 18.1 Å². The Kier molecular flexibility index (Phi) is 5.05. The molecule has 0 radical (unpaired) electrons. The Hall–Kier alpha value is -3.21. The predicted molar refractivity (Wildman–Crippen MR) is 97.8 cm³/mol. The minimum atomic E-state index is -2.75. The van der Waals surface area contributed by atoms with E-state index in [-0.39, 0.29) is 30.0 Å². The van der Waals surface area contributed by atoms with Gasteiger partial charge in [-0.1, -0.05) is 0 Å². The predicted octanol–water partition coefficient (Wildman–Crippen LogP) is 1.42. The van der Waals surface area contributed by atoms with E-state index in [2.05, 4.69) is 20.1 Å². The van der Waals surface area contributed by atoms with Crippen LogP contribution in [0.25, 0.3) is 5.78 Å². The average molecular weight is 403 g/mol. The highest BCUT2D eigenvalue weighted by molar-refractivity contribution is 5.92. The van der Waals surface area contributed by atoms with E-state index < -0.39 is 18.0 Å². The lowest BCUT2D eigenvalue weighted by Crippen LogP contribution is -2.48. The van der Waals surface area contributed by atoms with Crippen molar-refractivity contribution in [3.05, 3.63) is 47.8 Å². The second-order valence-electron chi connectivity index (χ2n) is 6.77. The van der Waals surface area contributed by atoms with E-state index in [9.17, 15) is 13.6 Å². The van der Waals surface area contributed by atoms with Crippen molar-refractivity contribution in [2.75, 3.05) is 20.2 Å². The number of ether oxygens (including phenoxy) is 1. The van der Waals surface area contributed by atoms with Gasteiger partial charge in [0.2, 0.25) is 0 Å². The largest absolute Gasteiger partial charge is 0.495 e. The Morgan fingerprint density at radius 1 is 1.34 bits per heavy atom. The number of hydrogen-bond acceptors (Lipinski definition) is 7. The van der Waals surface area contributed by atoms with Gasteiger partial charge >= 0.3 is 0 Å². The number of halogens is 2. The molecule has 0 saturated carbocycles. The standard InChI is InChI=1S/C18H19F2N7O2/c1-29-10-2-3-13(22-7-10)17(28)26-5-4-12(21)11(8-26)15-6-14(16(19)20)25-18-23-9-24-27(15)18/h2-3,6-7,9,11-12,16H,4-5,8,21H2,1H3/t11-,12?/m1/s1. The van der Waals surface area contributed by atoms with Gasteiger partial charge in [-0.3, -0.25) is 4.79 Å². The molecule has 152 valence electrons. The summed E-state index contributed by atoms with van der Waals surface area (Å²) in [6, 6.07) is 4.20. The van der Waals surface area contributed by atoms with Gasteiger partial charge in [-0.2, -0.15) is 10.1 Å². The van der Waals surface area contributed by atoms with Crippen LogP contribution in [0.15, 0.2) is 30.7 Å². The molecule has 1 unspecified atom stereocenters. The zero-order valence-electron chi connectivity index (χ0n) is 15.6. The Morgan fingerprint density at radius 2 is 2.17 bits per heavy atom. The summed E-state index contributed by atoms with van der Waals surface area (Å²) in [7, 11) is 1.52. The molecule has 1 saturated heterocycles. The quantitative estimate of drug-likeness (QED) is 0.701. The summed E-state index contributed by atoms with van der Waals surface area (Å²) in [5.41, 5.74) is 6.63. The van der Waals surface area contributed by atoms with E-state index in [1.165, 1.54) is 30.2 Å². The topological polar surface area (TPSA) is 112 Å². The maximum Gasteiger partial charge on any atom is 0.280 e. The van der Waals surface area contributed by atoms with Crippen LogP contribution in [0.1, 0.15) is 40.6 Å². The van der Waals surface area contributed by atoms with Crippen LogP contribution in [0.5, 0.6) is 5.75 Å². The van der Waals surface area contributed by atoms with Crippen LogP contribution < -0.4 is 10.5 Å². The van der Waals surface area contributed by atoms with Crippen LogP contribution >= 0.6 is 0 Å². The van der Waals surface area contributed by atoms with E-state index in [4.69, 9.17) is 10.5 Å². The first-order valence-corrected chi connectivity index (χ1v) is 9.01. The maximum absolute atomic E-state index is 13.3. The molecule has 3 aromatic rings. The number of rotatable bonds is 4. The first-order valence-electron chi connectivity index (χ1n) is 9.01. The minimum Gasteiger partial charge on any atom is -0.495 e. The van der Waals surface area contributed by atoms with Gasteiger partial charge in [0.1, 0.15) is 23.5 Å². The van der Waals surface area contributed by atoms with E-state index >= 15 is 0 Å². The second kappa shape index (κ2) is 7.66. The number of aromatic nitrogens is 5. The van der Waals surface area contributed by atoms with Crippen LogP contribution in [-0.2, 0) is 0 Å². The van der Waals surface area contributed by atoms with Crippen molar-refractivity contribution in [3.8, 4) is 5.75 Å². The highest BCUT2D eigenvalue weighted by Gasteiger charge is 2.34. The lowest BCUT2D eigenvalue weighted by atomic mass is 9.89. The summed E-state index contributed by atoms with van der Waals surface area (Å²) >= 11 is 0. The molecule has 1 fully saturated rings. The van der Waals surface area contributed by atoms with Crippen molar-refractivity contribution in [1.82, 2.24) is 29.5 Å². The molecule has 29 heavy (non-hydrogen) atoms. The van der Waals surface area contributed by atoms with E-state index in [1.807, 2.05) is 0 Å². The summed E-state index contributed by atoms with van der Waals surface area (Å²) in [5, 5.41) is 4.09. The lowest BCUT2D eigenvalue weighted by molar-refractivity contribution is 0.0685. The number of nitrogens with zero attached hydrogens (tertiary/aromatic N) is 6. The van der Waals surface area contributed by atoms with Gasteiger partial charge in [0.15, 0.2) is 0 Å². The molecule has 11 heteroatoms. The van der Waals surface area contributed by atoms with Crippen LogP contribution in [0.2, 0.25) is 0 Å². The highest BCUT2D eigenvalue weighted by atomic mass is 19.3. The number of pyridine rings is 1. The first kappa shape index (κ1) is 19.1.